The minimum Gasteiger partial charge on any atom is -0.486 e. The number of aliphatic imine (C=N–C) groups is 2. The summed E-state index contributed by atoms with van der Waals surface area (Å²) in [5, 5.41) is 20.1. The number of halogens is 1. The number of alkyl halides is 1. The van der Waals surface area contributed by atoms with Gasteiger partial charge in [-0.3, -0.25) is 14.8 Å². The molecule has 0 aliphatic carbocycles. The van der Waals surface area contributed by atoms with Crippen LogP contribution in [0, 0.1) is 18.3 Å². The smallest absolute Gasteiger partial charge is 0.272 e. The molecular formula is C38H46FN9O3. The number of ether oxygens (including phenoxy) is 2. The van der Waals surface area contributed by atoms with Gasteiger partial charge >= 0.3 is 0 Å². The van der Waals surface area contributed by atoms with Gasteiger partial charge in [-0.25, -0.2) is 14.4 Å². The number of hydrogen-bond acceptors (Lipinski definition) is 8. The van der Waals surface area contributed by atoms with Crippen LogP contribution < -0.4 is 15.0 Å². The van der Waals surface area contributed by atoms with Crippen molar-refractivity contribution >= 4 is 35.2 Å². The number of anilines is 2. The van der Waals surface area contributed by atoms with Crippen molar-refractivity contribution < 1.29 is 18.7 Å². The lowest BCUT2D eigenvalue weighted by molar-refractivity contribution is -0.0660. The number of nitrogens with one attached hydrogen (secondary N) is 2. The second-order valence-corrected chi connectivity index (χ2v) is 13.2. The maximum atomic E-state index is 15.4. The third-order valence-corrected chi connectivity index (χ3v) is 9.81. The molecule has 3 fully saturated rings. The van der Waals surface area contributed by atoms with E-state index in [1.807, 2.05) is 32.0 Å². The highest BCUT2D eigenvalue weighted by Gasteiger charge is 2.35. The standard InChI is InChI=1S/C38H46FN9O3/c1-5-25(3)35(44-38(41-6-2)43-29-8-10-30(11-9-29)46-15-17-47(18-16-46)31-23-50-24-31)27-7-12-33(28(19-27)20-40)51-34-13-14-48(22-32(34)39)37(49)36-26(4)21-42-45-36/h6-12,19,21,31-32,34H,5,13-18,22-24H2,1-4H3,(H,42,45)(H,43,44)/b35-25-,41-6?. The Morgan fingerprint density at radius 1 is 1.18 bits per heavy atom. The van der Waals surface area contributed by atoms with Gasteiger partial charge in [-0.1, -0.05) is 6.92 Å². The molecule has 0 radical (unpaired) electrons. The summed E-state index contributed by atoms with van der Waals surface area (Å²) in [6, 6.07) is 16.3. The number of allylic oxidation sites excluding steroid dienone is 1. The molecule has 1 amide bonds. The molecule has 268 valence electrons. The lowest BCUT2D eigenvalue weighted by atomic mass is 10.0. The van der Waals surface area contributed by atoms with Gasteiger partial charge in [0, 0.05) is 62.3 Å². The summed E-state index contributed by atoms with van der Waals surface area (Å²) in [5.41, 5.74) is 5.79. The number of carbonyl (C=O) groups is 1. The van der Waals surface area contributed by atoms with E-state index in [0.29, 0.717) is 41.3 Å². The number of aromatic nitrogens is 2. The average Bonchev–Trinajstić information content (AvgIpc) is 3.56. The fourth-order valence-electron chi connectivity index (χ4n) is 6.51. The molecule has 0 spiro atoms. The van der Waals surface area contributed by atoms with Gasteiger partial charge in [0.2, 0.25) is 5.96 Å². The van der Waals surface area contributed by atoms with E-state index in [9.17, 15) is 10.1 Å². The first-order chi connectivity index (χ1) is 24.8. The van der Waals surface area contributed by atoms with E-state index in [1.165, 1.54) is 10.6 Å². The van der Waals surface area contributed by atoms with Gasteiger partial charge in [0.25, 0.3) is 5.91 Å². The highest BCUT2D eigenvalue weighted by molar-refractivity contribution is 6.01. The number of nitriles is 1. The molecular weight excluding hydrogens is 649 g/mol. The largest absolute Gasteiger partial charge is 0.486 e. The minimum atomic E-state index is -1.42. The van der Waals surface area contributed by atoms with Crippen LogP contribution >= 0.6 is 0 Å². The van der Waals surface area contributed by atoms with Gasteiger partial charge in [0.1, 0.15) is 23.6 Å². The maximum absolute atomic E-state index is 15.4. The normalized spacial score (nSPS) is 20.9. The Hall–Kier alpha value is -5.06. The Bertz CT molecular complexity index is 1820. The third kappa shape index (κ3) is 8.30. The lowest BCUT2D eigenvalue weighted by Gasteiger charge is -2.43. The molecule has 2 atom stereocenters. The molecule has 3 aromatic rings. The lowest BCUT2D eigenvalue weighted by Crippen LogP contribution is -2.56. The van der Waals surface area contributed by atoms with Crippen LogP contribution in [0.3, 0.4) is 0 Å². The Kier molecular flexibility index (Phi) is 11.4. The van der Waals surface area contributed by atoms with Gasteiger partial charge < -0.3 is 24.6 Å². The van der Waals surface area contributed by atoms with Gasteiger partial charge in [0.05, 0.1) is 43.3 Å². The first-order valence-corrected chi connectivity index (χ1v) is 17.6. The number of carbonyl (C=O) groups excluding carboxylic acids is 1. The molecule has 51 heavy (non-hydrogen) atoms. The number of nitrogens with zero attached hydrogens (tertiary/aromatic N) is 7. The highest BCUT2D eigenvalue weighted by Crippen LogP contribution is 2.31. The van der Waals surface area contributed by atoms with Crippen molar-refractivity contribution in [2.75, 3.05) is 62.7 Å². The Morgan fingerprint density at radius 2 is 1.94 bits per heavy atom. The molecule has 0 saturated carbocycles. The molecule has 2 unspecified atom stereocenters. The van der Waals surface area contributed by atoms with Crippen molar-refractivity contribution in [1.82, 2.24) is 20.0 Å². The number of hydrogen-bond donors (Lipinski definition) is 2. The van der Waals surface area contributed by atoms with E-state index in [1.54, 1.807) is 31.5 Å². The molecule has 13 heteroatoms. The molecule has 3 saturated heterocycles. The summed E-state index contributed by atoms with van der Waals surface area (Å²) >= 11 is 0. The van der Waals surface area contributed by atoms with Crippen LogP contribution in [0.2, 0.25) is 0 Å². The van der Waals surface area contributed by atoms with Crippen LogP contribution in [-0.4, -0.2) is 109 Å². The molecule has 1 aromatic heterocycles. The number of aryl methyl sites for hydroxylation is 1. The molecule has 2 aromatic carbocycles. The summed E-state index contributed by atoms with van der Waals surface area (Å²) in [4.78, 5) is 28.7. The van der Waals surface area contributed by atoms with Crippen molar-refractivity contribution in [2.45, 2.75) is 58.9 Å². The number of rotatable bonds is 9. The Balaban J connectivity index is 1.13. The van der Waals surface area contributed by atoms with E-state index in [2.05, 4.69) is 55.4 Å². The fourth-order valence-corrected chi connectivity index (χ4v) is 6.51. The molecule has 0 bridgehead atoms. The summed E-state index contributed by atoms with van der Waals surface area (Å²) in [6.07, 6.45) is 2.05. The van der Waals surface area contributed by atoms with Crippen molar-refractivity contribution in [3.05, 3.63) is 76.6 Å². The summed E-state index contributed by atoms with van der Waals surface area (Å²) in [7, 11) is 0. The van der Waals surface area contributed by atoms with Crippen LogP contribution in [0.5, 0.6) is 5.75 Å². The first kappa shape index (κ1) is 35.8. The number of amides is 1. The predicted molar refractivity (Wildman–Crippen MR) is 197 cm³/mol. The minimum absolute atomic E-state index is 0.108. The molecule has 12 nitrogen and oxygen atoms in total. The number of piperidine rings is 1. The van der Waals surface area contributed by atoms with Gasteiger partial charge in [-0.05, 0) is 80.8 Å². The summed E-state index contributed by atoms with van der Waals surface area (Å²) in [6.45, 7) is 13.6. The van der Waals surface area contributed by atoms with E-state index in [0.717, 1.165) is 62.6 Å². The van der Waals surface area contributed by atoms with Crippen LogP contribution in [-0.2, 0) is 4.74 Å². The zero-order chi connectivity index (χ0) is 35.9. The second-order valence-electron chi connectivity index (χ2n) is 13.2. The van der Waals surface area contributed by atoms with Crippen LogP contribution in [0.15, 0.2) is 64.2 Å². The summed E-state index contributed by atoms with van der Waals surface area (Å²) < 4.78 is 26.8. The van der Waals surface area contributed by atoms with Crippen LogP contribution in [0.25, 0.3) is 5.70 Å². The maximum Gasteiger partial charge on any atom is 0.272 e. The number of aromatic amines is 1. The monoisotopic (exact) mass is 695 g/mol. The van der Waals surface area contributed by atoms with E-state index < -0.39 is 12.3 Å². The second kappa shape index (κ2) is 16.3. The van der Waals surface area contributed by atoms with Gasteiger partial charge in [-0.15, -0.1) is 0 Å². The Labute approximate surface area is 298 Å². The molecule has 6 rings (SSSR count). The Morgan fingerprint density at radius 3 is 2.55 bits per heavy atom. The van der Waals surface area contributed by atoms with Crippen molar-refractivity contribution in [3.8, 4) is 11.8 Å². The van der Waals surface area contributed by atoms with Crippen molar-refractivity contribution in [3.63, 3.8) is 0 Å². The fraction of sp³-hybridized carbons (Fsp3) is 0.447. The zero-order valence-corrected chi connectivity index (χ0v) is 29.7. The number of benzene rings is 2. The average molecular weight is 696 g/mol. The highest BCUT2D eigenvalue weighted by atomic mass is 19.1. The SMILES string of the molecule is CC=NC(=N/C(=C(/C)CC)c1ccc(OC2CCN(C(=O)c3[nH]ncc3C)CC2F)c(C#N)c1)Nc1ccc(N2CCN(C3COC3)CC2)cc1. The van der Waals surface area contributed by atoms with E-state index >= 15 is 4.39 Å². The predicted octanol–water partition coefficient (Wildman–Crippen LogP) is 5.44. The van der Waals surface area contributed by atoms with Gasteiger partial charge in [-0.2, -0.15) is 10.4 Å². The molecule has 3 aliphatic rings. The van der Waals surface area contributed by atoms with Crippen molar-refractivity contribution in [2.24, 2.45) is 9.98 Å². The zero-order valence-electron chi connectivity index (χ0n) is 29.7. The first-order valence-electron chi connectivity index (χ1n) is 17.6. The third-order valence-electron chi connectivity index (χ3n) is 9.81. The van der Waals surface area contributed by atoms with E-state index in [-0.39, 0.29) is 24.4 Å². The van der Waals surface area contributed by atoms with Crippen molar-refractivity contribution in [1.29, 1.82) is 5.26 Å². The van der Waals surface area contributed by atoms with Gasteiger partial charge in [0.15, 0.2) is 6.17 Å². The number of piperazine rings is 1. The molecule has 3 aliphatic heterocycles. The van der Waals surface area contributed by atoms with Crippen LogP contribution in [0.1, 0.15) is 60.8 Å². The topological polar surface area (TPSA) is 134 Å². The van der Waals surface area contributed by atoms with Crippen LogP contribution in [0.4, 0.5) is 15.8 Å². The number of guanidine groups is 1. The van der Waals surface area contributed by atoms with E-state index in [4.69, 9.17) is 14.5 Å². The molecule has 4 heterocycles. The number of H-pyrrole nitrogens is 1. The molecule has 2 N–H and O–H groups in total. The number of likely N-dealkylation sites (tertiary alicyclic amines) is 1. The summed E-state index contributed by atoms with van der Waals surface area (Å²) in [5.74, 6) is 0.413. The quantitative estimate of drug-likeness (QED) is 0.223.